The Kier molecular flexibility index (Phi) is 6.16. The molecule has 0 aliphatic carbocycles. The summed E-state index contributed by atoms with van der Waals surface area (Å²) >= 11 is 1.15. The summed E-state index contributed by atoms with van der Waals surface area (Å²) in [6.45, 7) is 2.32. The SMILES string of the molecule is Cc1cccc(-n2nnnc2SCC(=O)NC(=O)NCc2ccccc2)c1. The van der Waals surface area contributed by atoms with E-state index in [-0.39, 0.29) is 5.75 Å². The highest BCUT2D eigenvalue weighted by molar-refractivity contribution is 7.99. The van der Waals surface area contributed by atoms with Gasteiger partial charge in [0.25, 0.3) is 0 Å². The van der Waals surface area contributed by atoms with Gasteiger partial charge in [0.1, 0.15) is 0 Å². The molecule has 27 heavy (non-hydrogen) atoms. The maximum absolute atomic E-state index is 12.0. The van der Waals surface area contributed by atoms with E-state index in [1.54, 1.807) is 4.68 Å². The first-order valence-electron chi connectivity index (χ1n) is 8.21. The fourth-order valence-electron chi connectivity index (χ4n) is 2.31. The highest BCUT2D eigenvalue weighted by Crippen LogP contribution is 2.18. The zero-order valence-corrected chi connectivity index (χ0v) is 15.4. The smallest absolute Gasteiger partial charge is 0.321 e. The number of hydrogen-bond donors (Lipinski definition) is 2. The Bertz CT molecular complexity index is 928. The van der Waals surface area contributed by atoms with E-state index in [0.717, 1.165) is 28.6 Å². The molecule has 0 atom stereocenters. The second kappa shape index (κ2) is 8.95. The molecule has 138 valence electrons. The van der Waals surface area contributed by atoms with Crippen LogP contribution in [0.4, 0.5) is 4.79 Å². The quantitative estimate of drug-likeness (QED) is 0.633. The molecule has 0 bridgehead atoms. The average Bonchev–Trinajstić information content (AvgIpc) is 3.14. The molecule has 0 aliphatic heterocycles. The van der Waals surface area contributed by atoms with Crippen molar-refractivity contribution in [2.24, 2.45) is 0 Å². The molecule has 3 rings (SSSR count). The Morgan fingerprint density at radius 1 is 1.11 bits per heavy atom. The maximum Gasteiger partial charge on any atom is 0.321 e. The van der Waals surface area contributed by atoms with Crippen LogP contribution < -0.4 is 10.6 Å². The summed E-state index contributed by atoms with van der Waals surface area (Å²) in [5.74, 6) is -0.408. The highest BCUT2D eigenvalue weighted by atomic mass is 32.2. The molecule has 0 unspecified atom stereocenters. The molecule has 0 fully saturated rings. The molecule has 0 aliphatic rings. The van der Waals surface area contributed by atoms with E-state index in [1.165, 1.54) is 0 Å². The molecule has 2 N–H and O–H groups in total. The van der Waals surface area contributed by atoms with Gasteiger partial charge in [-0.2, -0.15) is 4.68 Å². The summed E-state index contributed by atoms with van der Waals surface area (Å²) in [7, 11) is 0. The van der Waals surface area contributed by atoms with Gasteiger partial charge in [-0.3, -0.25) is 10.1 Å². The van der Waals surface area contributed by atoms with Gasteiger partial charge in [-0.25, -0.2) is 4.79 Å². The summed E-state index contributed by atoms with van der Waals surface area (Å²) in [4.78, 5) is 23.8. The second-order valence-corrected chi connectivity index (χ2v) is 6.66. The number of carbonyl (C=O) groups is 2. The molecular weight excluding hydrogens is 364 g/mol. The summed E-state index contributed by atoms with van der Waals surface area (Å²) in [5.41, 5.74) is 2.84. The predicted molar refractivity (Wildman–Crippen MR) is 101 cm³/mol. The predicted octanol–water partition coefficient (Wildman–Crippen LogP) is 2.09. The van der Waals surface area contributed by atoms with Crippen molar-refractivity contribution in [1.82, 2.24) is 30.8 Å². The van der Waals surface area contributed by atoms with Crippen molar-refractivity contribution < 1.29 is 9.59 Å². The molecule has 8 nitrogen and oxygen atoms in total. The number of rotatable bonds is 6. The van der Waals surface area contributed by atoms with E-state index >= 15 is 0 Å². The van der Waals surface area contributed by atoms with Gasteiger partial charge in [0.05, 0.1) is 11.4 Å². The van der Waals surface area contributed by atoms with Crippen LogP contribution in [0, 0.1) is 6.92 Å². The van der Waals surface area contributed by atoms with Crippen molar-refractivity contribution in [3.63, 3.8) is 0 Å². The molecule has 3 amide bonds. The number of urea groups is 1. The minimum atomic E-state index is -0.539. The van der Waals surface area contributed by atoms with Gasteiger partial charge in [-0.1, -0.05) is 54.2 Å². The summed E-state index contributed by atoms with van der Waals surface area (Å²) in [6.07, 6.45) is 0. The Morgan fingerprint density at radius 2 is 1.93 bits per heavy atom. The van der Waals surface area contributed by atoms with Crippen LogP contribution in [0.5, 0.6) is 0 Å². The monoisotopic (exact) mass is 382 g/mol. The molecule has 1 aromatic heterocycles. The molecule has 0 radical (unpaired) electrons. The van der Waals surface area contributed by atoms with Gasteiger partial charge in [0.15, 0.2) is 0 Å². The van der Waals surface area contributed by atoms with Crippen molar-refractivity contribution in [2.45, 2.75) is 18.6 Å². The number of nitrogens with zero attached hydrogens (tertiary/aromatic N) is 4. The van der Waals surface area contributed by atoms with Crippen LogP contribution in [0.3, 0.4) is 0 Å². The minimum Gasteiger partial charge on any atom is -0.334 e. The zero-order valence-electron chi connectivity index (χ0n) is 14.6. The van der Waals surface area contributed by atoms with Gasteiger partial charge >= 0.3 is 6.03 Å². The van der Waals surface area contributed by atoms with Crippen LogP contribution in [-0.4, -0.2) is 37.9 Å². The largest absolute Gasteiger partial charge is 0.334 e. The van der Waals surface area contributed by atoms with E-state index in [1.807, 2.05) is 61.5 Å². The Labute approximate surface area is 160 Å². The lowest BCUT2D eigenvalue weighted by molar-refractivity contribution is -0.117. The van der Waals surface area contributed by atoms with Crippen molar-refractivity contribution in [3.05, 3.63) is 65.7 Å². The normalized spacial score (nSPS) is 10.4. The lowest BCUT2D eigenvalue weighted by atomic mass is 10.2. The molecule has 2 aromatic carbocycles. The van der Waals surface area contributed by atoms with Crippen molar-refractivity contribution in [3.8, 4) is 5.69 Å². The average molecular weight is 382 g/mol. The number of hydrogen-bond acceptors (Lipinski definition) is 6. The Morgan fingerprint density at radius 3 is 2.70 bits per heavy atom. The molecule has 3 aromatic rings. The van der Waals surface area contributed by atoms with E-state index < -0.39 is 11.9 Å². The van der Waals surface area contributed by atoms with Gasteiger partial charge in [-0.15, -0.1) is 5.10 Å². The molecule has 0 saturated heterocycles. The molecule has 9 heteroatoms. The molecule has 0 spiro atoms. The van der Waals surface area contributed by atoms with Gasteiger partial charge in [0, 0.05) is 6.54 Å². The van der Waals surface area contributed by atoms with E-state index in [4.69, 9.17) is 0 Å². The third kappa shape index (κ3) is 5.38. The number of aromatic nitrogens is 4. The van der Waals surface area contributed by atoms with Crippen LogP contribution in [0.15, 0.2) is 59.8 Å². The Hall–Kier alpha value is -3.20. The third-order valence-corrected chi connectivity index (χ3v) is 4.49. The van der Waals surface area contributed by atoms with E-state index in [9.17, 15) is 9.59 Å². The molecule has 0 saturated carbocycles. The molecule has 1 heterocycles. The van der Waals surface area contributed by atoms with Crippen LogP contribution in [-0.2, 0) is 11.3 Å². The number of thioether (sulfide) groups is 1. The molecular formula is C18H18N6O2S. The van der Waals surface area contributed by atoms with Crippen molar-refractivity contribution >= 4 is 23.7 Å². The van der Waals surface area contributed by atoms with E-state index in [0.29, 0.717) is 11.7 Å². The van der Waals surface area contributed by atoms with Crippen molar-refractivity contribution in [1.29, 1.82) is 0 Å². The number of amides is 3. The maximum atomic E-state index is 12.0. The minimum absolute atomic E-state index is 0.0188. The second-order valence-electron chi connectivity index (χ2n) is 5.72. The van der Waals surface area contributed by atoms with Crippen LogP contribution in [0.1, 0.15) is 11.1 Å². The van der Waals surface area contributed by atoms with Crippen LogP contribution >= 0.6 is 11.8 Å². The van der Waals surface area contributed by atoms with Gasteiger partial charge in [0.2, 0.25) is 11.1 Å². The Balaban J connectivity index is 1.50. The number of aryl methyl sites for hydroxylation is 1. The summed E-state index contributed by atoms with van der Waals surface area (Å²) in [5, 5.41) is 17.0. The van der Waals surface area contributed by atoms with Gasteiger partial charge < -0.3 is 5.32 Å². The van der Waals surface area contributed by atoms with Crippen LogP contribution in [0.25, 0.3) is 5.69 Å². The number of carbonyl (C=O) groups excluding carboxylic acids is 2. The zero-order chi connectivity index (χ0) is 19.1. The fraction of sp³-hybridized carbons (Fsp3) is 0.167. The first kappa shape index (κ1) is 18.6. The standard InChI is InChI=1S/C18H18N6O2S/c1-13-6-5-9-15(10-13)24-18(21-22-23-24)27-12-16(25)20-17(26)19-11-14-7-3-2-4-8-14/h2-10H,11-12H2,1H3,(H2,19,20,25,26). The number of tetrazole rings is 1. The van der Waals surface area contributed by atoms with Crippen molar-refractivity contribution in [2.75, 3.05) is 5.75 Å². The summed E-state index contributed by atoms with van der Waals surface area (Å²) in [6, 6.07) is 16.6. The fourth-order valence-corrected chi connectivity index (χ4v) is 3.00. The highest BCUT2D eigenvalue weighted by Gasteiger charge is 2.13. The lowest BCUT2D eigenvalue weighted by Crippen LogP contribution is -2.40. The number of benzene rings is 2. The van der Waals surface area contributed by atoms with E-state index in [2.05, 4.69) is 26.2 Å². The first-order valence-corrected chi connectivity index (χ1v) is 9.20. The number of imide groups is 1. The number of nitrogens with one attached hydrogen (secondary N) is 2. The topological polar surface area (TPSA) is 102 Å². The lowest BCUT2D eigenvalue weighted by Gasteiger charge is -2.07. The first-order chi connectivity index (χ1) is 13.1. The third-order valence-electron chi connectivity index (χ3n) is 3.57. The van der Waals surface area contributed by atoms with Gasteiger partial charge in [-0.05, 0) is 40.6 Å². The van der Waals surface area contributed by atoms with Crippen LogP contribution in [0.2, 0.25) is 0 Å². The summed E-state index contributed by atoms with van der Waals surface area (Å²) < 4.78 is 1.56.